The van der Waals surface area contributed by atoms with E-state index in [4.69, 9.17) is 0 Å². The smallest absolute Gasteiger partial charge is 0.0582 e. The maximum Gasteiger partial charge on any atom is 0.0582 e. The first-order chi connectivity index (χ1) is 8.33. The Bertz CT molecular complexity index is 387. The molecular formula is C14H21N3. The molecule has 1 unspecified atom stereocenters. The third-order valence-corrected chi connectivity index (χ3v) is 3.82. The number of piperidine rings is 1. The third kappa shape index (κ3) is 2.60. The predicted octanol–water partition coefficient (Wildman–Crippen LogP) is 2.11. The molecule has 2 fully saturated rings. The van der Waals surface area contributed by atoms with Crippen molar-refractivity contribution < 1.29 is 0 Å². The molecular weight excluding hydrogens is 210 g/mol. The summed E-state index contributed by atoms with van der Waals surface area (Å²) in [4.78, 5) is 6.75. The number of aryl methyl sites for hydroxylation is 1. The molecule has 0 radical (unpaired) electrons. The SMILES string of the molecule is Cc1ccncc1N1CCCC(NC2CC2)C1. The van der Waals surface area contributed by atoms with Gasteiger partial charge in [0.1, 0.15) is 0 Å². The minimum atomic E-state index is 0.677. The lowest BCUT2D eigenvalue weighted by Crippen LogP contribution is -2.46. The van der Waals surface area contributed by atoms with Gasteiger partial charge in [-0.3, -0.25) is 4.98 Å². The van der Waals surface area contributed by atoms with Crippen molar-refractivity contribution in [2.45, 2.75) is 44.7 Å². The summed E-state index contributed by atoms with van der Waals surface area (Å²) in [5.74, 6) is 0. The molecule has 1 aliphatic heterocycles. The Morgan fingerprint density at radius 2 is 2.18 bits per heavy atom. The molecule has 1 atom stereocenters. The first-order valence-corrected chi connectivity index (χ1v) is 6.74. The summed E-state index contributed by atoms with van der Waals surface area (Å²) < 4.78 is 0. The number of pyridine rings is 1. The van der Waals surface area contributed by atoms with Crippen LogP contribution in [0.25, 0.3) is 0 Å². The minimum Gasteiger partial charge on any atom is -0.369 e. The molecule has 0 bridgehead atoms. The van der Waals surface area contributed by atoms with Crippen LogP contribution in [0.3, 0.4) is 0 Å². The molecule has 2 heterocycles. The van der Waals surface area contributed by atoms with Crippen LogP contribution in [0.15, 0.2) is 18.5 Å². The summed E-state index contributed by atoms with van der Waals surface area (Å²) in [5.41, 5.74) is 2.65. The fraction of sp³-hybridized carbons (Fsp3) is 0.643. The quantitative estimate of drug-likeness (QED) is 0.863. The lowest BCUT2D eigenvalue weighted by Gasteiger charge is -2.35. The Balaban J connectivity index is 1.68. The van der Waals surface area contributed by atoms with E-state index in [1.54, 1.807) is 0 Å². The first-order valence-electron chi connectivity index (χ1n) is 6.74. The van der Waals surface area contributed by atoms with E-state index in [9.17, 15) is 0 Å². The van der Waals surface area contributed by atoms with Crippen LogP contribution >= 0.6 is 0 Å². The lowest BCUT2D eigenvalue weighted by atomic mass is 10.0. The first kappa shape index (κ1) is 11.0. The van der Waals surface area contributed by atoms with E-state index >= 15 is 0 Å². The van der Waals surface area contributed by atoms with Gasteiger partial charge in [-0.15, -0.1) is 0 Å². The summed E-state index contributed by atoms with van der Waals surface area (Å²) in [7, 11) is 0. The maximum absolute atomic E-state index is 4.26. The molecule has 0 spiro atoms. The molecule has 1 aliphatic carbocycles. The number of anilines is 1. The van der Waals surface area contributed by atoms with E-state index in [0.717, 1.165) is 12.6 Å². The Labute approximate surface area is 103 Å². The van der Waals surface area contributed by atoms with E-state index < -0.39 is 0 Å². The zero-order valence-electron chi connectivity index (χ0n) is 10.5. The van der Waals surface area contributed by atoms with Crippen LogP contribution < -0.4 is 10.2 Å². The van der Waals surface area contributed by atoms with Crippen molar-refractivity contribution in [1.29, 1.82) is 0 Å². The summed E-state index contributed by atoms with van der Waals surface area (Å²) in [6, 6.07) is 3.60. The molecule has 1 aromatic rings. The molecule has 1 aromatic heterocycles. The van der Waals surface area contributed by atoms with E-state index in [-0.39, 0.29) is 0 Å². The number of nitrogens with zero attached hydrogens (tertiary/aromatic N) is 2. The van der Waals surface area contributed by atoms with Gasteiger partial charge in [0, 0.05) is 31.4 Å². The second kappa shape index (κ2) is 4.65. The average molecular weight is 231 g/mol. The van der Waals surface area contributed by atoms with Gasteiger partial charge in [0.25, 0.3) is 0 Å². The zero-order valence-corrected chi connectivity index (χ0v) is 10.5. The highest BCUT2D eigenvalue weighted by atomic mass is 15.2. The summed E-state index contributed by atoms with van der Waals surface area (Å²) >= 11 is 0. The van der Waals surface area contributed by atoms with E-state index in [2.05, 4.69) is 28.2 Å². The molecule has 2 aliphatic rings. The number of nitrogens with one attached hydrogen (secondary N) is 1. The second-order valence-corrected chi connectivity index (χ2v) is 5.39. The standard InChI is InChI=1S/C14H21N3/c1-11-6-7-15-9-14(11)17-8-2-3-13(10-17)16-12-4-5-12/h6-7,9,12-13,16H,2-5,8,10H2,1H3. The van der Waals surface area contributed by atoms with Crippen molar-refractivity contribution in [3.63, 3.8) is 0 Å². The Morgan fingerprint density at radius 1 is 1.29 bits per heavy atom. The van der Waals surface area contributed by atoms with Gasteiger partial charge in [-0.1, -0.05) is 0 Å². The molecule has 92 valence electrons. The topological polar surface area (TPSA) is 28.2 Å². The van der Waals surface area contributed by atoms with Crippen LogP contribution in [0.4, 0.5) is 5.69 Å². The number of rotatable bonds is 3. The van der Waals surface area contributed by atoms with E-state index in [1.807, 2.05) is 12.4 Å². The molecule has 3 nitrogen and oxygen atoms in total. The summed E-state index contributed by atoms with van der Waals surface area (Å²) in [5, 5.41) is 3.75. The van der Waals surface area contributed by atoms with Crippen LogP contribution in [0, 0.1) is 6.92 Å². The van der Waals surface area contributed by atoms with Gasteiger partial charge < -0.3 is 10.2 Å². The second-order valence-electron chi connectivity index (χ2n) is 5.39. The highest BCUT2D eigenvalue weighted by Gasteiger charge is 2.27. The molecule has 1 N–H and O–H groups in total. The van der Waals surface area contributed by atoms with Crippen LogP contribution in [0.2, 0.25) is 0 Å². The van der Waals surface area contributed by atoms with Crippen LogP contribution in [0.1, 0.15) is 31.2 Å². The predicted molar refractivity (Wildman–Crippen MR) is 70.4 cm³/mol. The Kier molecular flexibility index (Phi) is 3.02. The van der Waals surface area contributed by atoms with Crippen molar-refractivity contribution in [1.82, 2.24) is 10.3 Å². The molecule has 17 heavy (non-hydrogen) atoms. The molecule has 1 saturated heterocycles. The van der Waals surface area contributed by atoms with Gasteiger partial charge in [-0.2, -0.15) is 0 Å². The molecule has 3 rings (SSSR count). The number of aromatic nitrogens is 1. The molecule has 3 heteroatoms. The molecule has 1 saturated carbocycles. The summed E-state index contributed by atoms with van der Waals surface area (Å²) in [6.45, 7) is 4.49. The Morgan fingerprint density at radius 3 is 2.94 bits per heavy atom. The van der Waals surface area contributed by atoms with Crippen molar-refractivity contribution >= 4 is 5.69 Å². The van der Waals surface area contributed by atoms with Crippen molar-refractivity contribution in [2.24, 2.45) is 0 Å². The van der Waals surface area contributed by atoms with Crippen LogP contribution in [-0.4, -0.2) is 30.2 Å². The van der Waals surface area contributed by atoms with Crippen LogP contribution in [-0.2, 0) is 0 Å². The number of hydrogen-bond acceptors (Lipinski definition) is 3. The highest BCUT2D eigenvalue weighted by Crippen LogP contribution is 2.25. The maximum atomic E-state index is 4.26. The van der Waals surface area contributed by atoms with Crippen molar-refractivity contribution in [2.75, 3.05) is 18.0 Å². The largest absolute Gasteiger partial charge is 0.369 e. The van der Waals surface area contributed by atoms with E-state index in [1.165, 1.54) is 43.5 Å². The lowest BCUT2D eigenvalue weighted by molar-refractivity contribution is 0.420. The van der Waals surface area contributed by atoms with Gasteiger partial charge in [-0.25, -0.2) is 0 Å². The fourth-order valence-electron chi connectivity index (χ4n) is 2.70. The molecule has 0 aromatic carbocycles. The highest BCUT2D eigenvalue weighted by molar-refractivity contribution is 5.51. The fourth-order valence-corrected chi connectivity index (χ4v) is 2.70. The normalized spacial score (nSPS) is 25.0. The molecule has 0 amide bonds. The van der Waals surface area contributed by atoms with E-state index in [0.29, 0.717) is 6.04 Å². The summed E-state index contributed by atoms with van der Waals surface area (Å²) in [6.07, 6.45) is 9.26. The van der Waals surface area contributed by atoms with Gasteiger partial charge in [0.2, 0.25) is 0 Å². The van der Waals surface area contributed by atoms with Crippen molar-refractivity contribution in [3.05, 3.63) is 24.0 Å². The zero-order chi connectivity index (χ0) is 11.7. The Hall–Kier alpha value is -1.09. The number of hydrogen-bond donors (Lipinski definition) is 1. The van der Waals surface area contributed by atoms with Gasteiger partial charge >= 0.3 is 0 Å². The van der Waals surface area contributed by atoms with Gasteiger partial charge in [-0.05, 0) is 44.2 Å². The van der Waals surface area contributed by atoms with Gasteiger partial charge in [0.15, 0.2) is 0 Å². The monoisotopic (exact) mass is 231 g/mol. The average Bonchev–Trinajstić information content (AvgIpc) is 3.14. The van der Waals surface area contributed by atoms with Gasteiger partial charge in [0.05, 0.1) is 11.9 Å². The van der Waals surface area contributed by atoms with Crippen LogP contribution in [0.5, 0.6) is 0 Å². The minimum absolute atomic E-state index is 0.677. The third-order valence-electron chi connectivity index (χ3n) is 3.82. The van der Waals surface area contributed by atoms with Crippen molar-refractivity contribution in [3.8, 4) is 0 Å².